The molecule has 1 aliphatic carbocycles. The summed E-state index contributed by atoms with van der Waals surface area (Å²) in [5.74, 6) is 0.696. The van der Waals surface area contributed by atoms with Gasteiger partial charge in [-0.25, -0.2) is 34.9 Å². The molecular weight excluding hydrogens is 821 g/mol. The summed E-state index contributed by atoms with van der Waals surface area (Å²) in [5, 5.41) is 3.75. The molecule has 0 fully saturated rings. The summed E-state index contributed by atoms with van der Waals surface area (Å²) in [6.45, 7) is 7.79. The third-order valence-corrected chi connectivity index (χ3v) is 9.97. The van der Waals surface area contributed by atoms with Crippen LogP contribution in [0, 0.1) is 0 Å². The number of anilines is 3. The molecular formula is C42H43Cl2N13O4. The normalized spacial score (nSPS) is 13.7. The van der Waals surface area contributed by atoms with E-state index >= 15 is 0 Å². The molecule has 9 heterocycles. The van der Waals surface area contributed by atoms with E-state index in [0.717, 1.165) is 60.1 Å². The van der Waals surface area contributed by atoms with Gasteiger partial charge in [0.2, 0.25) is 11.8 Å². The van der Waals surface area contributed by atoms with Gasteiger partial charge in [0.05, 0.1) is 40.9 Å². The number of pyridine rings is 3. The van der Waals surface area contributed by atoms with Crippen LogP contribution >= 0.6 is 23.2 Å². The average Bonchev–Trinajstić information content (AvgIpc) is 3.93. The Bertz CT molecular complexity index is 2720. The molecule has 10 rings (SSSR count). The van der Waals surface area contributed by atoms with Crippen molar-refractivity contribution in [1.82, 2.24) is 49.3 Å². The van der Waals surface area contributed by atoms with Gasteiger partial charge in [0.25, 0.3) is 11.8 Å². The quantitative estimate of drug-likeness (QED) is 0.159. The standard InChI is InChI=1S/C17H18N6O2.C10H11ClN2.C8H6ClN.C7H8N4O2/c1-2-6-22-7-5-11-12(22)3-4-13(21-11)23-8-9-25-16-14(17(23)24)15(18)19-10-20-16;1-2-6-13-7-5-8-9(13)3-4-10(11)12-8;9-8-5-4-6-2-1-3-7(6)10-8;8-5-4-6(12)9-1-2-13-7(4)11-3-10-5/h3-5,7,10H,2,6,8-9H2,1H3,(H2,18,19,20);3-5,7H,2,6H2,1H3;1,3-5H,2H2;3H,1-2H2,(H,9,12)(H2,8,10,11). The molecule has 0 bridgehead atoms. The highest BCUT2D eigenvalue weighted by molar-refractivity contribution is 6.30. The maximum Gasteiger partial charge on any atom is 0.268 e. The second-order valence-corrected chi connectivity index (χ2v) is 14.5. The van der Waals surface area contributed by atoms with Crippen LogP contribution in [0.1, 0.15) is 58.7 Å². The number of hydrogen-bond donors (Lipinski definition) is 3. The smallest absolute Gasteiger partial charge is 0.268 e. The number of allylic oxidation sites excluding steroid dienone is 1. The van der Waals surface area contributed by atoms with Gasteiger partial charge in [-0.3, -0.25) is 14.5 Å². The van der Waals surface area contributed by atoms with Crippen LogP contribution in [-0.4, -0.2) is 82.1 Å². The van der Waals surface area contributed by atoms with Crippen molar-refractivity contribution >= 4 is 80.6 Å². The van der Waals surface area contributed by atoms with Gasteiger partial charge in [0, 0.05) is 25.5 Å². The summed E-state index contributed by atoms with van der Waals surface area (Å²) in [5.41, 5.74) is 18.1. The van der Waals surface area contributed by atoms with E-state index in [2.05, 4.69) is 75.5 Å². The predicted octanol–water partition coefficient (Wildman–Crippen LogP) is 6.44. The molecule has 7 aromatic heterocycles. The number of nitrogens with two attached hydrogens (primary N) is 2. The molecule has 3 aliphatic rings. The molecule has 0 saturated heterocycles. The van der Waals surface area contributed by atoms with Gasteiger partial charge in [-0.05, 0) is 73.4 Å². The van der Waals surface area contributed by atoms with E-state index in [1.165, 1.54) is 18.2 Å². The summed E-state index contributed by atoms with van der Waals surface area (Å²) in [7, 11) is 0. The molecule has 0 unspecified atom stereocenters. The summed E-state index contributed by atoms with van der Waals surface area (Å²) in [4.78, 5) is 54.3. The molecule has 61 heavy (non-hydrogen) atoms. The highest BCUT2D eigenvalue weighted by Gasteiger charge is 2.29. The van der Waals surface area contributed by atoms with Crippen molar-refractivity contribution in [2.45, 2.75) is 46.2 Å². The van der Waals surface area contributed by atoms with Crippen LogP contribution < -0.4 is 31.2 Å². The Labute approximate surface area is 360 Å². The first-order valence-corrected chi connectivity index (χ1v) is 20.4. The Hall–Kier alpha value is -6.85. The highest BCUT2D eigenvalue weighted by Crippen LogP contribution is 2.28. The van der Waals surface area contributed by atoms with Crippen LogP contribution in [0.3, 0.4) is 0 Å². The van der Waals surface area contributed by atoms with Crippen molar-refractivity contribution in [1.29, 1.82) is 0 Å². The van der Waals surface area contributed by atoms with E-state index in [0.29, 0.717) is 42.4 Å². The summed E-state index contributed by atoms with van der Waals surface area (Å²) < 4.78 is 15.1. The number of hydrogen-bond acceptors (Lipinski definition) is 13. The van der Waals surface area contributed by atoms with Crippen LogP contribution in [0.2, 0.25) is 10.3 Å². The van der Waals surface area contributed by atoms with Crippen molar-refractivity contribution in [2.75, 3.05) is 42.7 Å². The van der Waals surface area contributed by atoms with Crippen LogP contribution in [0.15, 0.2) is 79.7 Å². The maximum atomic E-state index is 12.9. The first-order valence-electron chi connectivity index (χ1n) is 19.6. The van der Waals surface area contributed by atoms with E-state index < -0.39 is 0 Å². The Kier molecular flexibility index (Phi) is 13.5. The fraction of sp³-hybridized carbons (Fsp3) is 0.262. The minimum atomic E-state index is -0.301. The van der Waals surface area contributed by atoms with Gasteiger partial charge in [0.1, 0.15) is 64.8 Å². The van der Waals surface area contributed by atoms with Crippen LogP contribution in [0.25, 0.3) is 28.1 Å². The van der Waals surface area contributed by atoms with Crippen molar-refractivity contribution in [3.05, 3.63) is 112 Å². The Morgan fingerprint density at radius 3 is 2.03 bits per heavy atom. The van der Waals surface area contributed by atoms with Gasteiger partial charge in [0.15, 0.2) is 0 Å². The number of fused-ring (bicyclic) bond motifs is 5. The van der Waals surface area contributed by atoms with Crippen LogP contribution in [0.5, 0.6) is 11.8 Å². The molecule has 19 heteroatoms. The van der Waals surface area contributed by atoms with Crippen molar-refractivity contribution in [3.63, 3.8) is 0 Å². The number of nitrogens with zero attached hydrogens (tertiary/aromatic N) is 10. The second-order valence-electron chi connectivity index (χ2n) is 13.7. The lowest BCUT2D eigenvalue weighted by Gasteiger charge is -2.19. The molecule has 5 N–H and O–H groups in total. The van der Waals surface area contributed by atoms with Gasteiger partial charge in [-0.2, -0.15) is 0 Å². The first kappa shape index (κ1) is 42.3. The molecule has 0 aromatic carbocycles. The fourth-order valence-electron chi connectivity index (χ4n) is 6.71. The average molecular weight is 865 g/mol. The number of aryl methyl sites for hydroxylation is 2. The number of rotatable bonds is 5. The lowest BCUT2D eigenvalue weighted by Crippen LogP contribution is -2.33. The second kappa shape index (κ2) is 19.5. The molecule has 2 aliphatic heterocycles. The van der Waals surface area contributed by atoms with Gasteiger partial charge >= 0.3 is 0 Å². The van der Waals surface area contributed by atoms with E-state index in [9.17, 15) is 9.59 Å². The van der Waals surface area contributed by atoms with Gasteiger partial charge in [-0.15, -0.1) is 0 Å². The van der Waals surface area contributed by atoms with E-state index in [1.54, 1.807) is 4.90 Å². The Morgan fingerprint density at radius 2 is 1.33 bits per heavy atom. The first-order chi connectivity index (χ1) is 29.6. The van der Waals surface area contributed by atoms with Crippen LogP contribution in [0.4, 0.5) is 17.5 Å². The topological polar surface area (TPSA) is 220 Å². The number of halogens is 2. The minimum Gasteiger partial charge on any atom is -0.475 e. The van der Waals surface area contributed by atoms with Crippen molar-refractivity contribution in [2.24, 2.45) is 0 Å². The number of aromatic nitrogens is 9. The molecule has 0 atom stereocenters. The minimum absolute atomic E-state index is 0.108. The molecule has 0 saturated carbocycles. The zero-order valence-corrected chi connectivity index (χ0v) is 35.0. The molecule has 7 aromatic rings. The Morgan fingerprint density at radius 1 is 0.721 bits per heavy atom. The van der Waals surface area contributed by atoms with E-state index in [-0.39, 0.29) is 46.3 Å². The predicted molar refractivity (Wildman–Crippen MR) is 235 cm³/mol. The summed E-state index contributed by atoms with van der Waals surface area (Å²) in [6, 6.07) is 15.5. The number of carbonyl (C=O) groups excluding carboxylic acids is 2. The molecule has 0 spiro atoms. The zero-order chi connectivity index (χ0) is 42.9. The maximum absolute atomic E-state index is 12.9. The Balaban J connectivity index is 0.000000132. The summed E-state index contributed by atoms with van der Waals surface area (Å²) >= 11 is 11.5. The fourth-order valence-corrected chi connectivity index (χ4v) is 7.02. The monoisotopic (exact) mass is 863 g/mol. The van der Waals surface area contributed by atoms with Crippen molar-refractivity contribution in [3.8, 4) is 11.8 Å². The van der Waals surface area contributed by atoms with E-state index in [1.807, 2.05) is 60.8 Å². The van der Waals surface area contributed by atoms with Crippen LogP contribution in [-0.2, 0) is 19.5 Å². The number of nitrogen functional groups attached to an aromatic ring is 2. The number of amides is 2. The molecule has 0 radical (unpaired) electrons. The molecule has 17 nitrogen and oxygen atoms in total. The highest BCUT2D eigenvalue weighted by atomic mass is 35.5. The molecule has 314 valence electrons. The van der Waals surface area contributed by atoms with Crippen molar-refractivity contribution < 1.29 is 19.1 Å². The zero-order valence-electron chi connectivity index (χ0n) is 33.5. The third-order valence-electron chi connectivity index (χ3n) is 9.55. The molecule has 2 amide bonds. The van der Waals surface area contributed by atoms with Gasteiger partial charge < -0.3 is 35.4 Å². The number of nitrogens with one attached hydrogen (secondary N) is 1. The third kappa shape index (κ3) is 9.80. The van der Waals surface area contributed by atoms with Gasteiger partial charge in [-0.1, -0.05) is 49.2 Å². The number of carbonyl (C=O) groups is 2. The lowest BCUT2D eigenvalue weighted by molar-refractivity contribution is 0.0955. The largest absolute Gasteiger partial charge is 0.475 e. The van der Waals surface area contributed by atoms with E-state index in [4.69, 9.17) is 44.1 Å². The lowest BCUT2D eigenvalue weighted by atomic mass is 10.2. The SMILES string of the molecule is CCCn1ccc2nc(Cl)ccc21.CCCn1ccc2nc(N3CCOc4ncnc(N)c4C3=O)ccc21.Clc1ccc2c(n1)C=CC2.Nc1ncnc2c1C(=O)NCCO2. The number of ether oxygens (including phenoxy) is 2. The summed E-state index contributed by atoms with van der Waals surface area (Å²) in [6.07, 6.45) is 13.9.